The number of hydrogen-bond donors (Lipinski definition) is 1. The summed E-state index contributed by atoms with van der Waals surface area (Å²) >= 11 is 2.82. The van der Waals surface area contributed by atoms with Crippen LogP contribution in [0.5, 0.6) is 0 Å². The second-order valence-electron chi connectivity index (χ2n) is 6.16. The van der Waals surface area contributed by atoms with E-state index in [9.17, 15) is 9.59 Å². The molecule has 8 heteroatoms. The Kier molecular flexibility index (Phi) is 5.50. The first-order valence-electron chi connectivity index (χ1n) is 8.66. The summed E-state index contributed by atoms with van der Waals surface area (Å²) < 4.78 is 1.04. The average molecular weight is 409 g/mol. The zero-order chi connectivity index (χ0) is 19.3. The van der Waals surface area contributed by atoms with Gasteiger partial charge >= 0.3 is 0 Å². The summed E-state index contributed by atoms with van der Waals surface area (Å²) in [4.78, 5) is 28.6. The van der Waals surface area contributed by atoms with E-state index < -0.39 is 0 Å². The summed E-state index contributed by atoms with van der Waals surface area (Å²) in [6.07, 6.45) is 0.348. The number of aromatic nitrogens is 3. The Labute approximate surface area is 169 Å². The molecule has 4 aromatic rings. The summed E-state index contributed by atoms with van der Waals surface area (Å²) in [7, 11) is 0. The van der Waals surface area contributed by atoms with Crippen molar-refractivity contribution in [2.45, 2.75) is 12.8 Å². The van der Waals surface area contributed by atoms with Crippen molar-refractivity contribution in [1.29, 1.82) is 0 Å². The van der Waals surface area contributed by atoms with Crippen molar-refractivity contribution in [3.8, 4) is 11.1 Å². The van der Waals surface area contributed by atoms with Gasteiger partial charge in [0.05, 0.1) is 29.6 Å². The number of nitrogens with one attached hydrogen (secondary N) is 1. The number of amides is 1. The van der Waals surface area contributed by atoms with Crippen molar-refractivity contribution >= 4 is 44.6 Å². The minimum absolute atomic E-state index is 0.0124. The number of ketones is 1. The Hall–Kier alpha value is -2.97. The molecule has 0 aliphatic rings. The van der Waals surface area contributed by atoms with Crippen LogP contribution in [0.15, 0.2) is 54.0 Å². The third-order valence-electron chi connectivity index (χ3n) is 4.09. The average Bonchev–Trinajstić information content (AvgIpc) is 3.35. The third kappa shape index (κ3) is 4.47. The summed E-state index contributed by atoms with van der Waals surface area (Å²) in [5, 5.41) is 11.6. The summed E-state index contributed by atoms with van der Waals surface area (Å²) in [6.45, 7) is -0.0124. The Bertz CT molecular complexity index is 1110. The molecule has 6 nitrogen and oxygen atoms in total. The molecule has 140 valence electrons. The normalized spacial score (nSPS) is 10.9. The molecule has 0 fully saturated rings. The monoisotopic (exact) mass is 408 g/mol. The van der Waals surface area contributed by atoms with Gasteiger partial charge in [-0.1, -0.05) is 36.4 Å². The van der Waals surface area contributed by atoms with Gasteiger partial charge in [-0.05, 0) is 23.3 Å². The number of rotatable bonds is 7. The van der Waals surface area contributed by atoms with Gasteiger partial charge in [0.15, 0.2) is 5.78 Å². The first-order chi connectivity index (χ1) is 13.7. The lowest BCUT2D eigenvalue weighted by Gasteiger charge is -2.02. The van der Waals surface area contributed by atoms with Gasteiger partial charge in [-0.15, -0.1) is 32.9 Å². The number of hydrogen-bond acceptors (Lipinski definition) is 7. The summed E-state index contributed by atoms with van der Waals surface area (Å²) in [5.41, 5.74) is 4.72. The molecule has 0 bridgehead atoms. The van der Waals surface area contributed by atoms with Gasteiger partial charge < -0.3 is 5.32 Å². The third-order valence-corrected chi connectivity index (χ3v) is 5.80. The predicted molar refractivity (Wildman–Crippen MR) is 110 cm³/mol. The molecule has 2 heterocycles. The van der Waals surface area contributed by atoms with E-state index in [0.29, 0.717) is 5.01 Å². The molecule has 0 radical (unpaired) electrons. The summed E-state index contributed by atoms with van der Waals surface area (Å²) in [5.74, 6) is -0.310. The Morgan fingerprint density at radius 1 is 0.964 bits per heavy atom. The molecule has 0 unspecified atom stereocenters. The Morgan fingerprint density at radius 2 is 1.82 bits per heavy atom. The highest BCUT2D eigenvalue weighted by Crippen LogP contribution is 2.28. The molecular weight excluding hydrogens is 392 g/mol. The van der Waals surface area contributed by atoms with E-state index in [-0.39, 0.29) is 31.1 Å². The molecule has 0 aliphatic carbocycles. The number of Topliss-reactive ketones (excluding diaryl/α,β-unsaturated/α-hetero) is 1. The molecule has 0 saturated heterocycles. The molecule has 0 spiro atoms. The quantitative estimate of drug-likeness (QED) is 0.507. The standard InChI is InChI=1S/C20H16N4O2S2/c25-15(9-20-24-22-12-27-20)11-21-18(26)10-19-23-16-7-6-14(8-17(16)28-19)13-4-2-1-3-5-13/h1-8,12H,9-11H2,(H,21,26). The van der Waals surface area contributed by atoms with E-state index in [2.05, 4.69) is 38.7 Å². The van der Waals surface area contributed by atoms with Crippen LogP contribution in [-0.4, -0.2) is 33.4 Å². The van der Waals surface area contributed by atoms with Gasteiger partial charge in [-0.3, -0.25) is 9.59 Å². The van der Waals surface area contributed by atoms with E-state index in [4.69, 9.17) is 0 Å². The number of carbonyl (C=O) groups is 2. The van der Waals surface area contributed by atoms with Crippen LogP contribution in [0.2, 0.25) is 0 Å². The first-order valence-corrected chi connectivity index (χ1v) is 10.4. The molecule has 4 rings (SSSR count). The minimum Gasteiger partial charge on any atom is -0.349 e. The Balaban J connectivity index is 1.37. The maximum atomic E-state index is 12.2. The molecule has 28 heavy (non-hydrogen) atoms. The highest BCUT2D eigenvalue weighted by atomic mass is 32.1. The zero-order valence-electron chi connectivity index (χ0n) is 14.8. The largest absolute Gasteiger partial charge is 0.349 e. The van der Waals surface area contributed by atoms with Gasteiger partial charge in [0.2, 0.25) is 5.91 Å². The second kappa shape index (κ2) is 8.37. The van der Waals surface area contributed by atoms with Crippen LogP contribution in [0.4, 0.5) is 0 Å². The molecule has 0 saturated carbocycles. The number of carbonyl (C=O) groups excluding carboxylic acids is 2. The predicted octanol–water partition coefficient (Wildman–Crippen LogP) is 3.29. The lowest BCUT2D eigenvalue weighted by molar-refractivity contribution is -0.124. The van der Waals surface area contributed by atoms with Crippen molar-refractivity contribution < 1.29 is 9.59 Å². The van der Waals surface area contributed by atoms with Gasteiger partial charge in [-0.25, -0.2) is 4.98 Å². The SMILES string of the molecule is O=C(CNC(=O)Cc1nc2ccc(-c3ccccc3)cc2s1)Cc1nncs1. The fourth-order valence-electron chi connectivity index (χ4n) is 2.76. The first kappa shape index (κ1) is 18.4. The van der Waals surface area contributed by atoms with Gasteiger partial charge in [-0.2, -0.15) is 0 Å². The van der Waals surface area contributed by atoms with Crippen molar-refractivity contribution in [2.24, 2.45) is 0 Å². The van der Waals surface area contributed by atoms with Gasteiger partial charge in [0.25, 0.3) is 0 Å². The smallest absolute Gasteiger partial charge is 0.227 e. The van der Waals surface area contributed by atoms with E-state index >= 15 is 0 Å². The van der Waals surface area contributed by atoms with Crippen LogP contribution in [0.1, 0.15) is 10.0 Å². The molecule has 0 atom stereocenters. The van der Waals surface area contributed by atoms with Crippen LogP contribution >= 0.6 is 22.7 Å². The van der Waals surface area contributed by atoms with Crippen molar-refractivity contribution in [2.75, 3.05) is 6.54 Å². The fourth-order valence-corrected chi connectivity index (χ4v) is 4.32. The van der Waals surface area contributed by atoms with Crippen molar-refractivity contribution in [3.05, 3.63) is 64.1 Å². The molecule has 2 aromatic carbocycles. The summed E-state index contributed by atoms with van der Waals surface area (Å²) in [6, 6.07) is 16.2. The molecular formula is C20H16N4O2S2. The number of thiazole rings is 1. The highest BCUT2D eigenvalue weighted by Gasteiger charge is 2.12. The van der Waals surface area contributed by atoms with Crippen LogP contribution in [0, 0.1) is 0 Å². The van der Waals surface area contributed by atoms with E-state index in [0.717, 1.165) is 26.4 Å². The van der Waals surface area contributed by atoms with E-state index in [1.807, 2.05) is 30.3 Å². The van der Waals surface area contributed by atoms with Crippen LogP contribution < -0.4 is 5.32 Å². The number of fused-ring (bicyclic) bond motifs is 1. The highest BCUT2D eigenvalue weighted by molar-refractivity contribution is 7.18. The van der Waals surface area contributed by atoms with E-state index in [1.54, 1.807) is 5.51 Å². The lowest BCUT2D eigenvalue weighted by Crippen LogP contribution is -2.31. The fraction of sp³-hybridized carbons (Fsp3) is 0.150. The molecule has 1 amide bonds. The van der Waals surface area contributed by atoms with E-state index in [1.165, 1.54) is 22.7 Å². The molecule has 1 N–H and O–H groups in total. The number of benzene rings is 2. The van der Waals surface area contributed by atoms with Crippen LogP contribution in [0.3, 0.4) is 0 Å². The van der Waals surface area contributed by atoms with Crippen LogP contribution in [0.25, 0.3) is 21.3 Å². The maximum Gasteiger partial charge on any atom is 0.227 e. The molecule has 2 aromatic heterocycles. The van der Waals surface area contributed by atoms with Gasteiger partial charge in [0, 0.05) is 0 Å². The second-order valence-corrected chi connectivity index (χ2v) is 8.19. The zero-order valence-corrected chi connectivity index (χ0v) is 16.4. The van der Waals surface area contributed by atoms with Crippen LogP contribution in [-0.2, 0) is 22.4 Å². The maximum absolute atomic E-state index is 12.2. The van der Waals surface area contributed by atoms with Gasteiger partial charge in [0.1, 0.15) is 15.5 Å². The Morgan fingerprint density at radius 3 is 2.61 bits per heavy atom. The van der Waals surface area contributed by atoms with Crippen molar-refractivity contribution in [1.82, 2.24) is 20.5 Å². The minimum atomic E-state index is -0.215. The topological polar surface area (TPSA) is 84.8 Å². The molecule has 0 aliphatic heterocycles. The number of nitrogens with zero attached hydrogens (tertiary/aromatic N) is 3. The van der Waals surface area contributed by atoms with Crippen molar-refractivity contribution in [3.63, 3.8) is 0 Å². The lowest BCUT2D eigenvalue weighted by atomic mass is 10.1.